The Balaban J connectivity index is 1.45. The molecule has 0 atom stereocenters. The van der Waals surface area contributed by atoms with Gasteiger partial charge >= 0.3 is 5.97 Å². The summed E-state index contributed by atoms with van der Waals surface area (Å²) >= 11 is 1.55. The second kappa shape index (κ2) is 7.84. The number of ketones is 1. The Labute approximate surface area is 160 Å². The van der Waals surface area contributed by atoms with Gasteiger partial charge < -0.3 is 4.74 Å². The molecule has 0 saturated heterocycles. The van der Waals surface area contributed by atoms with E-state index in [-0.39, 0.29) is 43.6 Å². The Morgan fingerprint density at radius 1 is 1.04 bits per heavy atom. The van der Waals surface area contributed by atoms with Gasteiger partial charge in [-0.3, -0.25) is 24.1 Å². The van der Waals surface area contributed by atoms with E-state index in [9.17, 15) is 19.2 Å². The van der Waals surface area contributed by atoms with Crippen molar-refractivity contribution in [1.82, 2.24) is 4.90 Å². The van der Waals surface area contributed by atoms with Crippen molar-refractivity contribution in [3.8, 4) is 0 Å². The van der Waals surface area contributed by atoms with Gasteiger partial charge in [-0.05, 0) is 32.0 Å². The van der Waals surface area contributed by atoms with E-state index in [1.165, 1.54) is 0 Å². The summed E-state index contributed by atoms with van der Waals surface area (Å²) in [5.74, 6) is -1.38. The summed E-state index contributed by atoms with van der Waals surface area (Å²) in [4.78, 5) is 51.5. The molecule has 2 amide bonds. The Hall–Kier alpha value is -2.80. The zero-order chi connectivity index (χ0) is 19.6. The number of rotatable bonds is 7. The van der Waals surface area contributed by atoms with E-state index >= 15 is 0 Å². The van der Waals surface area contributed by atoms with Crippen molar-refractivity contribution in [2.45, 2.75) is 26.7 Å². The Bertz CT molecular complexity index is 895. The van der Waals surface area contributed by atoms with Crippen LogP contribution in [0.1, 0.15) is 53.7 Å². The first-order valence-corrected chi connectivity index (χ1v) is 9.41. The summed E-state index contributed by atoms with van der Waals surface area (Å²) in [6, 6.07) is 8.42. The largest absolute Gasteiger partial charge is 0.464 e. The molecule has 140 valence electrons. The van der Waals surface area contributed by atoms with Gasteiger partial charge in [0.05, 0.1) is 24.1 Å². The van der Waals surface area contributed by atoms with Crippen molar-refractivity contribution >= 4 is 34.9 Å². The maximum Gasteiger partial charge on any atom is 0.306 e. The van der Waals surface area contributed by atoms with Gasteiger partial charge in [-0.2, -0.15) is 0 Å². The molecule has 0 spiro atoms. The number of aryl methyl sites for hydroxylation is 2. The standard InChI is InChI=1S/C20H19NO5S/c1-12-11-16(13(2)27-12)17(22)7-8-18(23)26-10-9-21-19(24)14-5-3-4-6-15(14)20(21)25/h3-6,11H,7-10H2,1-2H3. The molecule has 6 nitrogen and oxygen atoms in total. The maximum absolute atomic E-state index is 12.2. The molecule has 7 heteroatoms. The Kier molecular flexibility index (Phi) is 5.51. The van der Waals surface area contributed by atoms with Crippen LogP contribution < -0.4 is 0 Å². The summed E-state index contributed by atoms with van der Waals surface area (Å²) in [5, 5.41) is 0. The van der Waals surface area contributed by atoms with E-state index in [1.54, 1.807) is 35.6 Å². The number of esters is 1. The molecule has 0 fully saturated rings. The van der Waals surface area contributed by atoms with E-state index in [2.05, 4.69) is 0 Å². The number of nitrogens with zero attached hydrogens (tertiary/aromatic N) is 1. The third kappa shape index (κ3) is 3.98. The first-order valence-electron chi connectivity index (χ1n) is 8.59. The van der Waals surface area contributed by atoms with Crippen molar-refractivity contribution in [2.24, 2.45) is 0 Å². The molecule has 2 aromatic rings. The molecule has 1 aromatic heterocycles. The van der Waals surface area contributed by atoms with Crippen LogP contribution in [0.4, 0.5) is 0 Å². The summed E-state index contributed by atoms with van der Waals surface area (Å²) in [7, 11) is 0. The highest BCUT2D eigenvalue weighted by molar-refractivity contribution is 7.12. The van der Waals surface area contributed by atoms with Crippen LogP contribution in [0.2, 0.25) is 0 Å². The third-order valence-electron chi connectivity index (χ3n) is 4.35. The minimum Gasteiger partial charge on any atom is -0.464 e. The topological polar surface area (TPSA) is 80.8 Å². The number of amides is 2. The maximum atomic E-state index is 12.2. The molecule has 0 aliphatic carbocycles. The van der Waals surface area contributed by atoms with Crippen LogP contribution in [0.25, 0.3) is 0 Å². The first-order chi connectivity index (χ1) is 12.9. The monoisotopic (exact) mass is 385 g/mol. The highest BCUT2D eigenvalue weighted by Crippen LogP contribution is 2.23. The van der Waals surface area contributed by atoms with Crippen LogP contribution in [0.3, 0.4) is 0 Å². The first kappa shape index (κ1) is 19.0. The van der Waals surface area contributed by atoms with Crippen LogP contribution in [0.5, 0.6) is 0 Å². The average molecular weight is 385 g/mol. The molecule has 0 N–H and O–H groups in total. The van der Waals surface area contributed by atoms with Gasteiger partial charge in [0.2, 0.25) is 0 Å². The lowest BCUT2D eigenvalue weighted by Crippen LogP contribution is -2.33. The van der Waals surface area contributed by atoms with Crippen LogP contribution >= 0.6 is 11.3 Å². The number of ether oxygens (including phenoxy) is 1. The van der Waals surface area contributed by atoms with Gasteiger partial charge in [-0.15, -0.1) is 11.3 Å². The van der Waals surface area contributed by atoms with Gasteiger partial charge in [0.1, 0.15) is 6.61 Å². The summed E-state index contributed by atoms with van der Waals surface area (Å²) < 4.78 is 5.09. The number of Topliss-reactive ketones (excluding diaryl/α,β-unsaturated/α-hetero) is 1. The molecule has 27 heavy (non-hydrogen) atoms. The average Bonchev–Trinajstić information content (AvgIpc) is 3.11. The number of benzene rings is 1. The zero-order valence-corrected chi connectivity index (χ0v) is 15.9. The lowest BCUT2D eigenvalue weighted by Gasteiger charge is -2.13. The van der Waals surface area contributed by atoms with E-state index in [0.717, 1.165) is 14.7 Å². The van der Waals surface area contributed by atoms with Gasteiger partial charge in [0, 0.05) is 21.7 Å². The summed E-state index contributed by atoms with van der Waals surface area (Å²) in [6.45, 7) is 3.72. The molecule has 3 rings (SSSR count). The van der Waals surface area contributed by atoms with Crippen molar-refractivity contribution < 1.29 is 23.9 Å². The second-order valence-electron chi connectivity index (χ2n) is 6.28. The Morgan fingerprint density at radius 3 is 2.22 bits per heavy atom. The molecule has 0 bridgehead atoms. The van der Waals surface area contributed by atoms with E-state index < -0.39 is 5.97 Å². The van der Waals surface area contributed by atoms with Crippen LogP contribution in [-0.4, -0.2) is 41.6 Å². The second-order valence-corrected chi connectivity index (χ2v) is 7.74. The van der Waals surface area contributed by atoms with Crippen molar-refractivity contribution in [3.05, 3.63) is 56.8 Å². The number of hydrogen-bond donors (Lipinski definition) is 0. The van der Waals surface area contributed by atoms with E-state index in [1.807, 2.05) is 19.9 Å². The van der Waals surface area contributed by atoms with Gasteiger partial charge in [-0.1, -0.05) is 12.1 Å². The number of imide groups is 1. The quantitative estimate of drug-likeness (QED) is 0.415. The van der Waals surface area contributed by atoms with Gasteiger partial charge in [0.15, 0.2) is 5.78 Å². The highest BCUT2D eigenvalue weighted by atomic mass is 32.1. The van der Waals surface area contributed by atoms with Crippen LogP contribution in [0.15, 0.2) is 30.3 Å². The normalized spacial score (nSPS) is 13.0. The van der Waals surface area contributed by atoms with Crippen LogP contribution in [0, 0.1) is 13.8 Å². The summed E-state index contributed by atoms with van der Waals surface area (Å²) in [6.07, 6.45) is 0.0398. The molecular weight excluding hydrogens is 366 g/mol. The van der Waals surface area contributed by atoms with Gasteiger partial charge in [-0.25, -0.2) is 0 Å². The third-order valence-corrected chi connectivity index (χ3v) is 5.32. The lowest BCUT2D eigenvalue weighted by atomic mass is 10.1. The fourth-order valence-corrected chi connectivity index (χ4v) is 3.97. The molecule has 2 heterocycles. The fraction of sp³-hybridized carbons (Fsp3) is 0.300. The molecule has 0 radical (unpaired) electrons. The molecule has 1 aliphatic heterocycles. The van der Waals surface area contributed by atoms with Crippen molar-refractivity contribution in [1.29, 1.82) is 0 Å². The Morgan fingerprint density at radius 2 is 1.67 bits per heavy atom. The van der Waals surface area contributed by atoms with Crippen molar-refractivity contribution in [2.75, 3.05) is 13.2 Å². The molecule has 1 aromatic carbocycles. The summed E-state index contributed by atoms with van der Waals surface area (Å²) in [5.41, 5.74) is 1.37. The fourth-order valence-electron chi connectivity index (χ4n) is 3.02. The van der Waals surface area contributed by atoms with Crippen molar-refractivity contribution in [3.63, 3.8) is 0 Å². The number of carbonyl (C=O) groups excluding carboxylic acids is 4. The van der Waals surface area contributed by atoms with E-state index in [0.29, 0.717) is 16.7 Å². The smallest absolute Gasteiger partial charge is 0.306 e. The molecule has 0 unspecified atom stereocenters. The lowest BCUT2D eigenvalue weighted by molar-refractivity contribution is -0.143. The van der Waals surface area contributed by atoms with Gasteiger partial charge in [0.25, 0.3) is 11.8 Å². The molecule has 1 aliphatic rings. The zero-order valence-electron chi connectivity index (χ0n) is 15.1. The number of hydrogen-bond acceptors (Lipinski definition) is 6. The van der Waals surface area contributed by atoms with E-state index in [4.69, 9.17) is 4.74 Å². The minimum atomic E-state index is -0.524. The van der Waals surface area contributed by atoms with Crippen LogP contribution in [-0.2, 0) is 9.53 Å². The SMILES string of the molecule is Cc1cc(C(=O)CCC(=O)OCCN2C(=O)c3ccccc3C2=O)c(C)s1. The highest BCUT2D eigenvalue weighted by Gasteiger charge is 2.34. The minimum absolute atomic E-state index is 0.00509. The number of fused-ring (bicyclic) bond motifs is 1. The molecule has 0 saturated carbocycles. The predicted molar refractivity (Wildman–Crippen MR) is 100 cm³/mol. The predicted octanol–water partition coefficient (Wildman–Crippen LogP) is 3.17. The molecular formula is C20H19NO5S. The number of carbonyl (C=O) groups is 4. The number of thiophene rings is 1.